The highest BCUT2D eigenvalue weighted by Crippen LogP contribution is 2.15. The predicted molar refractivity (Wildman–Crippen MR) is 56.4 cm³/mol. The topological polar surface area (TPSA) is 61.0 Å². The quantitative estimate of drug-likeness (QED) is 0.782. The molecule has 0 atom stereocenters. The third kappa shape index (κ3) is 3.79. The van der Waals surface area contributed by atoms with Crippen LogP contribution in [0, 0.1) is 5.92 Å². The molecule has 0 aromatic carbocycles. The molecule has 14 heavy (non-hydrogen) atoms. The fourth-order valence-electron chi connectivity index (χ4n) is 0.887. The molecule has 0 amide bonds. The second-order valence-corrected chi connectivity index (χ2v) is 3.81. The number of halogens is 1. The van der Waals surface area contributed by atoms with Gasteiger partial charge in [0.15, 0.2) is 0 Å². The van der Waals surface area contributed by atoms with Crippen molar-refractivity contribution in [3.05, 3.63) is 11.2 Å². The first-order valence-electron chi connectivity index (χ1n) is 4.51. The van der Waals surface area contributed by atoms with Crippen LogP contribution in [0.4, 0.5) is 5.95 Å². The standard InChI is InChI=1S/C9H14ClN3O/c1-6(2)3-4-14-8-5-7(10)12-9(11)13-8/h5-6H,3-4H2,1-2H3,(H2,11,12,13). The highest BCUT2D eigenvalue weighted by atomic mass is 35.5. The Morgan fingerprint density at radius 3 is 2.79 bits per heavy atom. The van der Waals surface area contributed by atoms with E-state index in [0.29, 0.717) is 23.6 Å². The molecule has 1 aromatic heterocycles. The molecule has 0 aliphatic rings. The Morgan fingerprint density at radius 2 is 2.21 bits per heavy atom. The van der Waals surface area contributed by atoms with Crippen LogP contribution in [0.15, 0.2) is 6.07 Å². The lowest BCUT2D eigenvalue weighted by Gasteiger charge is -2.07. The van der Waals surface area contributed by atoms with Crippen molar-refractivity contribution in [3.63, 3.8) is 0 Å². The van der Waals surface area contributed by atoms with E-state index in [-0.39, 0.29) is 5.95 Å². The van der Waals surface area contributed by atoms with E-state index in [1.807, 2.05) is 0 Å². The molecule has 0 radical (unpaired) electrons. The zero-order chi connectivity index (χ0) is 10.6. The predicted octanol–water partition coefficient (Wildman–Crippen LogP) is 2.14. The average Bonchev–Trinajstić information content (AvgIpc) is 2.01. The lowest BCUT2D eigenvalue weighted by Crippen LogP contribution is -2.04. The van der Waals surface area contributed by atoms with E-state index in [1.54, 1.807) is 6.07 Å². The Balaban J connectivity index is 2.50. The highest BCUT2D eigenvalue weighted by Gasteiger charge is 2.01. The zero-order valence-corrected chi connectivity index (χ0v) is 9.08. The third-order valence-electron chi connectivity index (χ3n) is 1.63. The average molecular weight is 216 g/mol. The van der Waals surface area contributed by atoms with Crippen molar-refractivity contribution in [2.24, 2.45) is 5.92 Å². The lowest BCUT2D eigenvalue weighted by atomic mass is 10.1. The van der Waals surface area contributed by atoms with Crippen LogP contribution in [0.5, 0.6) is 5.88 Å². The van der Waals surface area contributed by atoms with Crippen molar-refractivity contribution in [2.45, 2.75) is 20.3 Å². The number of nitrogen functional groups attached to an aromatic ring is 1. The minimum atomic E-state index is 0.136. The summed E-state index contributed by atoms with van der Waals surface area (Å²) < 4.78 is 5.36. The second-order valence-electron chi connectivity index (χ2n) is 3.42. The lowest BCUT2D eigenvalue weighted by molar-refractivity contribution is 0.279. The van der Waals surface area contributed by atoms with Gasteiger partial charge in [0.2, 0.25) is 11.8 Å². The fourth-order valence-corrected chi connectivity index (χ4v) is 1.07. The summed E-state index contributed by atoms with van der Waals surface area (Å²) in [5.74, 6) is 1.17. The van der Waals surface area contributed by atoms with Crippen molar-refractivity contribution in [1.29, 1.82) is 0 Å². The monoisotopic (exact) mass is 215 g/mol. The normalized spacial score (nSPS) is 10.6. The van der Waals surface area contributed by atoms with Crippen LogP contribution in [0.25, 0.3) is 0 Å². The fraction of sp³-hybridized carbons (Fsp3) is 0.556. The van der Waals surface area contributed by atoms with Crippen LogP contribution in [0.1, 0.15) is 20.3 Å². The smallest absolute Gasteiger partial charge is 0.224 e. The van der Waals surface area contributed by atoms with E-state index in [9.17, 15) is 0 Å². The van der Waals surface area contributed by atoms with E-state index in [2.05, 4.69) is 23.8 Å². The van der Waals surface area contributed by atoms with E-state index < -0.39 is 0 Å². The Labute approximate surface area is 88.5 Å². The second kappa shape index (κ2) is 5.00. The van der Waals surface area contributed by atoms with Gasteiger partial charge in [0.25, 0.3) is 0 Å². The summed E-state index contributed by atoms with van der Waals surface area (Å²) in [6, 6.07) is 1.55. The molecule has 0 aliphatic heterocycles. The SMILES string of the molecule is CC(C)CCOc1cc(Cl)nc(N)n1. The molecule has 5 heteroatoms. The Hall–Kier alpha value is -1.03. The van der Waals surface area contributed by atoms with Crippen molar-refractivity contribution >= 4 is 17.5 Å². The van der Waals surface area contributed by atoms with Gasteiger partial charge in [-0.15, -0.1) is 0 Å². The molecule has 1 rings (SSSR count). The van der Waals surface area contributed by atoms with Crippen LogP contribution in [0.2, 0.25) is 5.15 Å². The van der Waals surface area contributed by atoms with Crippen LogP contribution >= 0.6 is 11.6 Å². The van der Waals surface area contributed by atoms with Crippen molar-refractivity contribution in [3.8, 4) is 5.88 Å². The largest absolute Gasteiger partial charge is 0.477 e. The van der Waals surface area contributed by atoms with E-state index in [0.717, 1.165) is 6.42 Å². The molecular weight excluding hydrogens is 202 g/mol. The Bertz CT molecular complexity index is 284. The van der Waals surface area contributed by atoms with Gasteiger partial charge in [-0.25, -0.2) is 4.98 Å². The van der Waals surface area contributed by atoms with Gasteiger partial charge in [0.1, 0.15) is 5.15 Å². The number of rotatable bonds is 4. The molecule has 1 aromatic rings. The Kier molecular flexibility index (Phi) is 3.95. The van der Waals surface area contributed by atoms with Crippen LogP contribution in [0.3, 0.4) is 0 Å². The molecule has 0 fully saturated rings. The molecule has 0 aliphatic carbocycles. The van der Waals surface area contributed by atoms with Gasteiger partial charge in [-0.1, -0.05) is 25.4 Å². The summed E-state index contributed by atoms with van der Waals surface area (Å²) in [7, 11) is 0. The molecule has 0 bridgehead atoms. The van der Waals surface area contributed by atoms with Crippen molar-refractivity contribution in [1.82, 2.24) is 9.97 Å². The molecule has 2 N–H and O–H groups in total. The van der Waals surface area contributed by atoms with Gasteiger partial charge in [-0.2, -0.15) is 4.98 Å². The molecule has 0 saturated heterocycles. The van der Waals surface area contributed by atoms with Gasteiger partial charge < -0.3 is 10.5 Å². The van der Waals surface area contributed by atoms with Gasteiger partial charge in [-0.3, -0.25) is 0 Å². The molecular formula is C9H14ClN3O. The van der Waals surface area contributed by atoms with Gasteiger partial charge in [-0.05, 0) is 12.3 Å². The van der Waals surface area contributed by atoms with E-state index in [4.69, 9.17) is 22.1 Å². The van der Waals surface area contributed by atoms with E-state index in [1.165, 1.54) is 0 Å². The summed E-state index contributed by atoms with van der Waals surface area (Å²) >= 11 is 5.68. The number of nitrogens with zero attached hydrogens (tertiary/aromatic N) is 2. The maximum absolute atomic E-state index is 5.68. The van der Waals surface area contributed by atoms with Crippen molar-refractivity contribution in [2.75, 3.05) is 12.3 Å². The number of hydrogen-bond donors (Lipinski definition) is 1. The summed E-state index contributed by atoms with van der Waals surface area (Å²) in [6.07, 6.45) is 0.974. The zero-order valence-electron chi connectivity index (χ0n) is 8.33. The van der Waals surface area contributed by atoms with Gasteiger partial charge in [0, 0.05) is 6.07 Å². The highest BCUT2D eigenvalue weighted by molar-refractivity contribution is 6.29. The third-order valence-corrected chi connectivity index (χ3v) is 1.83. The number of ether oxygens (including phenoxy) is 1. The first-order chi connectivity index (χ1) is 6.58. The summed E-state index contributed by atoms with van der Waals surface area (Å²) in [4.78, 5) is 7.62. The van der Waals surface area contributed by atoms with Crippen LogP contribution in [-0.2, 0) is 0 Å². The number of hydrogen-bond acceptors (Lipinski definition) is 4. The number of anilines is 1. The molecule has 0 saturated carbocycles. The van der Waals surface area contributed by atoms with Gasteiger partial charge in [0.05, 0.1) is 6.61 Å². The number of aromatic nitrogens is 2. The maximum Gasteiger partial charge on any atom is 0.224 e. The molecule has 0 unspecified atom stereocenters. The maximum atomic E-state index is 5.68. The number of nitrogens with two attached hydrogens (primary N) is 1. The first-order valence-corrected chi connectivity index (χ1v) is 4.88. The Morgan fingerprint density at radius 1 is 1.50 bits per heavy atom. The molecule has 78 valence electrons. The summed E-state index contributed by atoms with van der Waals surface area (Å²) in [5, 5.41) is 0.303. The summed E-state index contributed by atoms with van der Waals surface area (Å²) in [5.41, 5.74) is 5.40. The minimum absolute atomic E-state index is 0.136. The summed E-state index contributed by atoms with van der Waals surface area (Å²) in [6.45, 7) is 4.87. The van der Waals surface area contributed by atoms with Gasteiger partial charge >= 0.3 is 0 Å². The minimum Gasteiger partial charge on any atom is -0.477 e. The molecule has 0 spiro atoms. The van der Waals surface area contributed by atoms with E-state index >= 15 is 0 Å². The molecule has 4 nitrogen and oxygen atoms in total. The van der Waals surface area contributed by atoms with Crippen LogP contribution in [-0.4, -0.2) is 16.6 Å². The first kappa shape index (κ1) is 11.0. The van der Waals surface area contributed by atoms with Crippen LogP contribution < -0.4 is 10.5 Å². The molecule has 1 heterocycles. The van der Waals surface area contributed by atoms with Crippen molar-refractivity contribution < 1.29 is 4.74 Å².